The monoisotopic (exact) mass is 420 g/mol. The normalized spacial score (nSPS) is 12.4. The van der Waals surface area contributed by atoms with Crippen LogP contribution in [-0.4, -0.2) is 28.1 Å². The molecule has 0 aliphatic carbocycles. The van der Waals surface area contributed by atoms with E-state index in [1.54, 1.807) is 16.4 Å². The molecule has 0 unspecified atom stereocenters. The number of hydrogen-bond donors (Lipinski definition) is 2. The molecule has 3 aromatic rings. The van der Waals surface area contributed by atoms with Gasteiger partial charge in [-0.3, -0.25) is 9.59 Å². The highest BCUT2D eigenvalue weighted by atomic mass is 32.2. The first-order valence-corrected chi connectivity index (χ1v) is 11.2. The Morgan fingerprint density at radius 1 is 1.03 bits per heavy atom. The molecule has 154 valence electrons. The van der Waals surface area contributed by atoms with E-state index in [1.165, 1.54) is 5.56 Å². The van der Waals surface area contributed by atoms with Gasteiger partial charge in [0.2, 0.25) is 0 Å². The third-order valence-electron chi connectivity index (χ3n) is 5.10. The number of thioether (sulfide) groups is 1. The predicted molar refractivity (Wildman–Crippen MR) is 120 cm³/mol. The molecule has 0 saturated heterocycles. The first-order valence-electron chi connectivity index (χ1n) is 10.0. The van der Waals surface area contributed by atoms with Crippen molar-refractivity contribution in [1.29, 1.82) is 0 Å². The van der Waals surface area contributed by atoms with Gasteiger partial charge in [-0.1, -0.05) is 48.5 Å². The Labute approximate surface area is 180 Å². The van der Waals surface area contributed by atoms with E-state index in [9.17, 15) is 9.59 Å². The molecule has 1 aliphatic heterocycles. The molecule has 4 rings (SSSR count). The Hall–Kier alpha value is -3.06. The van der Waals surface area contributed by atoms with E-state index in [4.69, 9.17) is 5.10 Å². The van der Waals surface area contributed by atoms with Crippen molar-refractivity contribution >= 4 is 29.4 Å². The van der Waals surface area contributed by atoms with Crippen molar-refractivity contribution in [1.82, 2.24) is 15.1 Å². The van der Waals surface area contributed by atoms with Crippen LogP contribution in [0.15, 0.2) is 54.6 Å². The lowest BCUT2D eigenvalue weighted by Crippen LogP contribution is -2.36. The summed E-state index contributed by atoms with van der Waals surface area (Å²) in [7, 11) is 0. The van der Waals surface area contributed by atoms with Crippen LogP contribution in [0.3, 0.4) is 0 Å². The van der Waals surface area contributed by atoms with Crippen LogP contribution in [0.25, 0.3) is 5.69 Å². The van der Waals surface area contributed by atoms with Crippen LogP contribution in [-0.2, 0) is 27.5 Å². The zero-order valence-corrected chi connectivity index (χ0v) is 17.7. The molecule has 2 N–H and O–H groups in total. The summed E-state index contributed by atoms with van der Waals surface area (Å²) in [6.45, 7) is 2.45. The number of para-hydroxylation sites is 1. The second-order valence-corrected chi connectivity index (χ2v) is 8.25. The van der Waals surface area contributed by atoms with Crippen LogP contribution >= 0.6 is 11.8 Å². The van der Waals surface area contributed by atoms with Gasteiger partial charge in [-0.25, -0.2) is 4.68 Å². The lowest BCUT2D eigenvalue weighted by Gasteiger charge is -2.13. The molecule has 2 aromatic carbocycles. The van der Waals surface area contributed by atoms with Crippen molar-refractivity contribution in [3.63, 3.8) is 0 Å². The molecule has 2 heterocycles. The molecule has 2 amide bonds. The number of hydrogen-bond acceptors (Lipinski definition) is 4. The van der Waals surface area contributed by atoms with Crippen molar-refractivity contribution < 1.29 is 9.59 Å². The van der Waals surface area contributed by atoms with Gasteiger partial charge in [-0.05, 0) is 37.0 Å². The van der Waals surface area contributed by atoms with Gasteiger partial charge in [0, 0.05) is 23.6 Å². The SMILES string of the molecule is Cc1ccccc1-n1nc2c(c1NC(=O)C(=O)NCCCc1ccccc1)CSC2. The zero-order chi connectivity index (χ0) is 20.9. The van der Waals surface area contributed by atoms with Crippen LogP contribution < -0.4 is 10.6 Å². The number of aromatic nitrogens is 2. The molecule has 0 radical (unpaired) electrons. The summed E-state index contributed by atoms with van der Waals surface area (Å²) < 4.78 is 1.75. The molecule has 30 heavy (non-hydrogen) atoms. The zero-order valence-electron chi connectivity index (χ0n) is 16.9. The van der Waals surface area contributed by atoms with E-state index in [0.29, 0.717) is 12.4 Å². The Balaban J connectivity index is 1.41. The van der Waals surface area contributed by atoms with Gasteiger partial charge in [-0.15, -0.1) is 0 Å². The van der Waals surface area contributed by atoms with E-state index in [0.717, 1.165) is 46.9 Å². The highest BCUT2D eigenvalue weighted by molar-refractivity contribution is 7.98. The van der Waals surface area contributed by atoms with Crippen molar-refractivity contribution in [3.05, 3.63) is 77.0 Å². The number of benzene rings is 2. The van der Waals surface area contributed by atoms with Gasteiger partial charge in [-0.2, -0.15) is 16.9 Å². The number of anilines is 1. The lowest BCUT2D eigenvalue weighted by molar-refractivity contribution is -0.136. The first kappa shape index (κ1) is 20.2. The van der Waals surface area contributed by atoms with Crippen LogP contribution in [0, 0.1) is 6.92 Å². The summed E-state index contributed by atoms with van der Waals surface area (Å²) in [5.41, 5.74) is 5.12. The molecule has 0 bridgehead atoms. The molecule has 0 spiro atoms. The van der Waals surface area contributed by atoms with Crippen LogP contribution in [0.4, 0.5) is 5.82 Å². The Kier molecular flexibility index (Phi) is 6.18. The molecule has 0 atom stereocenters. The standard InChI is InChI=1S/C23H24N4O2S/c1-16-8-5-6-12-20(16)27-21(18-14-30-15-19(18)26-27)25-23(29)22(28)24-13-7-11-17-9-3-2-4-10-17/h2-6,8-10,12H,7,11,13-15H2,1H3,(H,24,28)(H,25,29). The number of carbonyl (C=O) groups excluding carboxylic acids is 2. The minimum atomic E-state index is -0.663. The van der Waals surface area contributed by atoms with Crippen LogP contribution in [0.5, 0.6) is 0 Å². The van der Waals surface area contributed by atoms with Crippen molar-refractivity contribution in [2.24, 2.45) is 0 Å². The van der Waals surface area contributed by atoms with Crippen LogP contribution in [0.1, 0.15) is 28.8 Å². The quantitative estimate of drug-likeness (QED) is 0.472. The lowest BCUT2D eigenvalue weighted by atomic mass is 10.1. The van der Waals surface area contributed by atoms with Crippen molar-refractivity contribution in [2.45, 2.75) is 31.3 Å². The number of amides is 2. The smallest absolute Gasteiger partial charge is 0.314 e. The van der Waals surface area contributed by atoms with Gasteiger partial charge in [0.25, 0.3) is 0 Å². The van der Waals surface area contributed by atoms with Crippen molar-refractivity contribution in [3.8, 4) is 5.69 Å². The summed E-state index contributed by atoms with van der Waals surface area (Å²) in [5.74, 6) is 0.885. The van der Waals surface area contributed by atoms with Crippen molar-refractivity contribution in [2.75, 3.05) is 11.9 Å². The summed E-state index contributed by atoms with van der Waals surface area (Å²) >= 11 is 1.75. The maximum absolute atomic E-state index is 12.6. The van der Waals surface area contributed by atoms with Crippen LogP contribution in [0.2, 0.25) is 0 Å². The molecular formula is C23H24N4O2S. The van der Waals surface area contributed by atoms with Gasteiger partial charge >= 0.3 is 11.8 Å². The maximum atomic E-state index is 12.6. The van der Waals surface area contributed by atoms with E-state index >= 15 is 0 Å². The molecule has 0 fully saturated rings. The van der Waals surface area contributed by atoms with E-state index in [1.807, 2.05) is 49.4 Å². The number of nitrogens with one attached hydrogen (secondary N) is 2. The fourth-order valence-corrected chi connectivity index (χ4v) is 4.54. The summed E-state index contributed by atoms with van der Waals surface area (Å²) in [6.07, 6.45) is 1.63. The fraction of sp³-hybridized carbons (Fsp3) is 0.261. The molecule has 6 nitrogen and oxygen atoms in total. The van der Waals surface area contributed by atoms with E-state index in [2.05, 4.69) is 22.8 Å². The third kappa shape index (κ3) is 4.41. The van der Waals surface area contributed by atoms with Gasteiger partial charge in [0.15, 0.2) is 0 Å². The Morgan fingerprint density at radius 2 is 1.80 bits per heavy atom. The minimum Gasteiger partial charge on any atom is -0.348 e. The predicted octanol–water partition coefficient (Wildman–Crippen LogP) is 3.62. The summed E-state index contributed by atoms with van der Waals surface area (Å²) in [6, 6.07) is 17.9. The summed E-state index contributed by atoms with van der Waals surface area (Å²) in [5, 5.41) is 10.2. The Morgan fingerprint density at radius 3 is 2.60 bits per heavy atom. The molecule has 0 saturated carbocycles. The van der Waals surface area contributed by atoms with Gasteiger partial charge in [0.05, 0.1) is 11.4 Å². The topological polar surface area (TPSA) is 76.0 Å². The minimum absolute atomic E-state index is 0.451. The van der Waals surface area contributed by atoms with E-state index in [-0.39, 0.29) is 0 Å². The Bertz CT molecular complexity index is 1060. The molecule has 1 aromatic heterocycles. The fourth-order valence-electron chi connectivity index (χ4n) is 3.50. The molecule has 1 aliphatic rings. The number of rotatable bonds is 6. The second kappa shape index (κ2) is 9.17. The first-order chi connectivity index (χ1) is 14.6. The molecule has 7 heteroatoms. The third-order valence-corrected chi connectivity index (χ3v) is 6.07. The van der Waals surface area contributed by atoms with E-state index < -0.39 is 11.8 Å². The largest absolute Gasteiger partial charge is 0.348 e. The highest BCUT2D eigenvalue weighted by Gasteiger charge is 2.26. The highest BCUT2D eigenvalue weighted by Crippen LogP contribution is 2.36. The number of fused-ring (bicyclic) bond motifs is 1. The number of nitrogens with zero attached hydrogens (tertiary/aromatic N) is 2. The number of aryl methyl sites for hydroxylation is 2. The van der Waals surface area contributed by atoms with Gasteiger partial charge in [0.1, 0.15) is 5.82 Å². The average Bonchev–Trinajstić information content (AvgIpc) is 3.35. The summed E-state index contributed by atoms with van der Waals surface area (Å²) in [4.78, 5) is 24.9. The maximum Gasteiger partial charge on any atom is 0.314 e. The molecular weight excluding hydrogens is 396 g/mol. The average molecular weight is 421 g/mol. The second-order valence-electron chi connectivity index (χ2n) is 7.26. The number of carbonyl (C=O) groups is 2. The van der Waals surface area contributed by atoms with Gasteiger partial charge < -0.3 is 10.6 Å².